The summed E-state index contributed by atoms with van der Waals surface area (Å²) in [5.74, 6) is -1.14. The molecule has 2 heterocycles. The van der Waals surface area contributed by atoms with E-state index >= 15 is 0 Å². The molecule has 2 aliphatic heterocycles. The summed E-state index contributed by atoms with van der Waals surface area (Å²) in [5, 5.41) is 13.4. The van der Waals surface area contributed by atoms with E-state index in [0.717, 1.165) is 17.5 Å². The van der Waals surface area contributed by atoms with E-state index in [9.17, 15) is 14.9 Å². The lowest BCUT2D eigenvalue weighted by atomic mass is 9.65. The Morgan fingerprint density at radius 1 is 0.939 bits per heavy atom. The van der Waals surface area contributed by atoms with E-state index in [0.29, 0.717) is 18.5 Å². The third kappa shape index (κ3) is 2.87. The molecule has 0 radical (unpaired) electrons. The molecule has 4 atom stereocenters. The minimum absolute atomic E-state index is 0.152. The quantitative estimate of drug-likeness (QED) is 0.325. The number of hydrogen-bond acceptors (Lipinski definition) is 5. The number of fused-ring (bicyclic) bond motifs is 1. The van der Waals surface area contributed by atoms with Gasteiger partial charge in [0.05, 0.1) is 13.0 Å². The van der Waals surface area contributed by atoms with Crippen LogP contribution in [0, 0.1) is 10.1 Å². The number of methoxy groups -OCH3 is 1. The van der Waals surface area contributed by atoms with Crippen molar-refractivity contribution in [1.29, 1.82) is 0 Å². The monoisotopic (exact) mass is 442 g/mol. The van der Waals surface area contributed by atoms with Crippen LogP contribution < -0.4 is 0 Å². The second-order valence-electron chi connectivity index (χ2n) is 8.82. The molecule has 0 bridgehead atoms. The molecule has 5 rings (SSSR count). The summed E-state index contributed by atoms with van der Waals surface area (Å²) in [6.07, 6.45) is 1.27. The van der Waals surface area contributed by atoms with Gasteiger partial charge >= 0.3 is 5.97 Å². The Morgan fingerprint density at radius 3 is 2.03 bits per heavy atom. The highest BCUT2D eigenvalue weighted by atomic mass is 16.6. The van der Waals surface area contributed by atoms with E-state index in [1.54, 1.807) is 0 Å². The van der Waals surface area contributed by atoms with E-state index in [1.165, 1.54) is 7.11 Å². The number of nitro groups is 1. The van der Waals surface area contributed by atoms with Crippen LogP contribution in [0.3, 0.4) is 0 Å². The molecule has 2 fully saturated rings. The van der Waals surface area contributed by atoms with Crippen LogP contribution in [0.25, 0.3) is 0 Å². The molecule has 33 heavy (non-hydrogen) atoms. The van der Waals surface area contributed by atoms with Crippen LogP contribution >= 0.6 is 0 Å². The van der Waals surface area contributed by atoms with Gasteiger partial charge in [0.15, 0.2) is 0 Å². The number of rotatable bonds is 5. The Hall–Kier alpha value is -3.51. The third-order valence-electron chi connectivity index (χ3n) is 7.44. The number of carbonyl (C=O) groups excluding carboxylic acids is 1. The van der Waals surface area contributed by atoms with Gasteiger partial charge in [0.25, 0.3) is 5.54 Å². The summed E-state index contributed by atoms with van der Waals surface area (Å²) in [6, 6.07) is 27.5. The van der Waals surface area contributed by atoms with E-state index in [2.05, 4.69) is 4.90 Å². The van der Waals surface area contributed by atoms with E-state index < -0.39 is 29.0 Å². The van der Waals surface area contributed by atoms with Crippen LogP contribution in [0.1, 0.15) is 41.5 Å². The van der Waals surface area contributed by atoms with Crippen LogP contribution in [0.15, 0.2) is 91.0 Å². The first-order chi connectivity index (χ1) is 16.1. The molecule has 6 nitrogen and oxygen atoms in total. The molecule has 3 aromatic carbocycles. The molecule has 0 aliphatic carbocycles. The van der Waals surface area contributed by atoms with Gasteiger partial charge in [0.1, 0.15) is 11.6 Å². The zero-order chi connectivity index (χ0) is 23.1. The number of benzene rings is 3. The zero-order valence-electron chi connectivity index (χ0n) is 18.5. The summed E-state index contributed by atoms with van der Waals surface area (Å²) in [6.45, 7) is 0.584. The maximum atomic E-state index is 13.6. The van der Waals surface area contributed by atoms with Crippen molar-refractivity contribution in [3.63, 3.8) is 0 Å². The number of carbonyl (C=O) groups is 1. The molecule has 168 valence electrons. The molecular weight excluding hydrogens is 416 g/mol. The summed E-state index contributed by atoms with van der Waals surface area (Å²) < 4.78 is 5.38. The first kappa shape index (κ1) is 21.3. The average molecular weight is 443 g/mol. The maximum Gasteiger partial charge on any atom is 0.327 e. The number of ether oxygens (including phenoxy) is 1. The molecule has 0 saturated carbocycles. The Balaban J connectivity index is 1.92. The van der Waals surface area contributed by atoms with Crippen molar-refractivity contribution >= 4 is 5.97 Å². The van der Waals surface area contributed by atoms with Crippen molar-refractivity contribution < 1.29 is 14.5 Å². The third-order valence-corrected chi connectivity index (χ3v) is 7.44. The lowest BCUT2D eigenvalue weighted by molar-refractivity contribution is -0.588. The second-order valence-corrected chi connectivity index (χ2v) is 8.82. The van der Waals surface area contributed by atoms with Gasteiger partial charge in [0, 0.05) is 17.0 Å². The Morgan fingerprint density at radius 2 is 1.48 bits per heavy atom. The summed E-state index contributed by atoms with van der Waals surface area (Å²) in [4.78, 5) is 28.9. The topological polar surface area (TPSA) is 72.7 Å². The first-order valence-corrected chi connectivity index (χ1v) is 11.2. The van der Waals surface area contributed by atoms with Crippen molar-refractivity contribution in [2.75, 3.05) is 13.7 Å². The number of hydrogen-bond donors (Lipinski definition) is 0. The Labute approximate surface area is 193 Å². The fourth-order valence-corrected chi connectivity index (χ4v) is 6.39. The normalized spacial score (nSPS) is 28.9. The number of nitrogens with zero attached hydrogens (tertiary/aromatic N) is 2. The average Bonchev–Trinajstić information content (AvgIpc) is 3.40. The van der Waals surface area contributed by atoms with Gasteiger partial charge in [-0.05, 0) is 24.0 Å². The fourth-order valence-electron chi connectivity index (χ4n) is 6.39. The highest BCUT2D eigenvalue weighted by Gasteiger charge is 2.78. The minimum atomic E-state index is -1.58. The highest BCUT2D eigenvalue weighted by Crippen LogP contribution is 2.66. The van der Waals surface area contributed by atoms with Crippen molar-refractivity contribution in [2.24, 2.45) is 0 Å². The first-order valence-electron chi connectivity index (χ1n) is 11.2. The van der Waals surface area contributed by atoms with Gasteiger partial charge in [-0.3, -0.25) is 19.8 Å². The molecule has 2 saturated heterocycles. The summed E-state index contributed by atoms with van der Waals surface area (Å²) >= 11 is 0. The van der Waals surface area contributed by atoms with Crippen molar-refractivity contribution in [2.45, 2.75) is 35.9 Å². The summed E-state index contributed by atoms with van der Waals surface area (Å²) in [7, 11) is 1.38. The molecule has 0 unspecified atom stereocenters. The van der Waals surface area contributed by atoms with Gasteiger partial charge < -0.3 is 4.74 Å². The highest BCUT2D eigenvalue weighted by molar-refractivity contribution is 5.84. The van der Waals surface area contributed by atoms with Crippen LogP contribution in [0.2, 0.25) is 0 Å². The van der Waals surface area contributed by atoms with Gasteiger partial charge in [-0.15, -0.1) is 0 Å². The molecule has 6 heteroatoms. The molecule has 0 N–H and O–H groups in total. The Kier molecular flexibility index (Phi) is 5.25. The van der Waals surface area contributed by atoms with E-state index in [1.807, 2.05) is 91.0 Å². The molecule has 3 aromatic rings. The molecule has 2 aliphatic rings. The minimum Gasteiger partial charge on any atom is -0.468 e. The lowest BCUT2D eigenvalue weighted by Crippen LogP contribution is -2.52. The molecular formula is C27H26N2O4. The second kappa shape index (κ2) is 8.12. The van der Waals surface area contributed by atoms with Crippen molar-refractivity contribution in [3.8, 4) is 0 Å². The summed E-state index contributed by atoms with van der Waals surface area (Å²) in [5.41, 5.74) is -0.534. The molecule has 0 amide bonds. The van der Waals surface area contributed by atoms with Gasteiger partial charge in [-0.2, -0.15) is 0 Å². The van der Waals surface area contributed by atoms with Crippen LogP contribution in [-0.4, -0.2) is 35.0 Å². The largest absolute Gasteiger partial charge is 0.468 e. The van der Waals surface area contributed by atoms with Gasteiger partial charge in [-0.1, -0.05) is 91.0 Å². The Bertz CT molecular complexity index is 1150. The van der Waals surface area contributed by atoms with Crippen LogP contribution in [-0.2, 0) is 15.1 Å². The predicted octanol–water partition coefficient (Wildman–Crippen LogP) is 4.70. The molecule has 0 spiro atoms. The van der Waals surface area contributed by atoms with Crippen molar-refractivity contribution in [1.82, 2.24) is 4.90 Å². The van der Waals surface area contributed by atoms with Crippen LogP contribution in [0.4, 0.5) is 0 Å². The lowest BCUT2D eigenvalue weighted by Gasteiger charge is -2.36. The SMILES string of the molecule is COC(=O)[C@]12CCCN1[C@@H](c1ccccc1)[C@](c1ccccc1)([N+](=O)[O-])[C@@H]2c1ccccc1. The van der Waals surface area contributed by atoms with E-state index in [4.69, 9.17) is 4.74 Å². The molecule has 0 aromatic heterocycles. The smallest absolute Gasteiger partial charge is 0.327 e. The number of esters is 1. The standard InChI is InChI=1S/C27H26N2O4/c1-33-25(30)26-18-11-19-28(26)24(21-14-7-3-8-15-21)27(29(31)32,22-16-9-4-10-17-22)23(26)20-12-5-2-6-13-20/h2-10,12-17,23-24H,11,18-19H2,1H3/t23-,24+,26-,27-/m1/s1. The maximum absolute atomic E-state index is 13.6. The van der Waals surface area contributed by atoms with Crippen molar-refractivity contribution in [3.05, 3.63) is 118 Å². The van der Waals surface area contributed by atoms with E-state index in [-0.39, 0.29) is 4.92 Å². The zero-order valence-corrected chi connectivity index (χ0v) is 18.5. The van der Waals surface area contributed by atoms with Gasteiger partial charge in [0.2, 0.25) is 0 Å². The predicted molar refractivity (Wildman–Crippen MR) is 124 cm³/mol. The van der Waals surface area contributed by atoms with Crippen LogP contribution in [0.5, 0.6) is 0 Å². The van der Waals surface area contributed by atoms with Gasteiger partial charge in [-0.25, -0.2) is 0 Å². The fraction of sp³-hybridized carbons (Fsp3) is 0.296.